The van der Waals surface area contributed by atoms with Gasteiger partial charge >= 0.3 is 5.97 Å². The summed E-state index contributed by atoms with van der Waals surface area (Å²) in [6, 6.07) is 7.55. The Kier molecular flexibility index (Phi) is 3.23. The maximum absolute atomic E-state index is 10.4. The Morgan fingerprint density at radius 2 is 2.21 bits per heavy atom. The topological polar surface area (TPSA) is 61.7 Å². The Morgan fingerprint density at radius 3 is 2.79 bits per heavy atom. The van der Waals surface area contributed by atoms with Crippen LogP contribution in [0, 0.1) is 6.92 Å². The van der Waals surface area contributed by atoms with Crippen LogP contribution in [0.25, 0.3) is 0 Å². The molecule has 2 N–H and O–H groups in total. The highest BCUT2D eigenvalue weighted by atomic mass is 16.4. The molecule has 0 fully saturated rings. The van der Waals surface area contributed by atoms with E-state index in [1.165, 1.54) is 6.92 Å². The van der Waals surface area contributed by atoms with E-state index in [2.05, 4.69) is 10.5 Å². The second-order valence-corrected chi connectivity index (χ2v) is 2.98. The van der Waals surface area contributed by atoms with Crippen LogP contribution in [0.3, 0.4) is 0 Å². The van der Waals surface area contributed by atoms with E-state index in [0.717, 1.165) is 11.3 Å². The molecule has 14 heavy (non-hydrogen) atoms. The molecule has 0 radical (unpaired) electrons. The van der Waals surface area contributed by atoms with Gasteiger partial charge in [-0.2, -0.15) is 5.10 Å². The predicted octanol–water partition coefficient (Wildman–Crippen LogP) is 1.87. The summed E-state index contributed by atoms with van der Waals surface area (Å²) in [7, 11) is 0. The predicted molar refractivity (Wildman–Crippen MR) is 55.5 cm³/mol. The first-order valence-corrected chi connectivity index (χ1v) is 4.20. The van der Waals surface area contributed by atoms with Crippen LogP contribution in [0.4, 0.5) is 5.69 Å². The molecule has 0 aliphatic heterocycles. The van der Waals surface area contributed by atoms with Gasteiger partial charge in [-0.3, -0.25) is 5.43 Å². The van der Waals surface area contributed by atoms with Crippen molar-refractivity contribution in [2.75, 3.05) is 5.43 Å². The molecule has 0 aromatic heterocycles. The van der Waals surface area contributed by atoms with Gasteiger partial charge in [-0.05, 0) is 31.5 Å². The van der Waals surface area contributed by atoms with Crippen LogP contribution in [0.5, 0.6) is 0 Å². The molecule has 0 saturated heterocycles. The molecule has 0 bridgehead atoms. The maximum atomic E-state index is 10.4. The lowest BCUT2D eigenvalue weighted by atomic mass is 10.2. The minimum absolute atomic E-state index is 0.0338. The van der Waals surface area contributed by atoms with Crippen LogP contribution in [-0.4, -0.2) is 16.8 Å². The van der Waals surface area contributed by atoms with Gasteiger partial charge in [0.1, 0.15) is 5.71 Å². The van der Waals surface area contributed by atoms with E-state index in [0.29, 0.717) is 0 Å². The van der Waals surface area contributed by atoms with Crippen molar-refractivity contribution in [3.05, 3.63) is 29.8 Å². The van der Waals surface area contributed by atoms with Gasteiger partial charge in [-0.15, -0.1) is 0 Å². The number of hydrazone groups is 1. The number of carboxylic acid groups (broad SMARTS) is 1. The molecule has 4 nitrogen and oxygen atoms in total. The number of nitrogens with one attached hydrogen (secondary N) is 1. The summed E-state index contributed by atoms with van der Waals surface area (Å²) in [6.07, 6.45) is 0. The highest BCUT2D eigenvalue weighted by Crippen LogP contribution is 2.08. The Morgan fingerprint density at radius 1 is 1.50 bits per heavy atom. The SMILES string of the molecule is CC(=NNc1cccc(C)c1)C(=O)O. The smallest absolute Gasteiger partial charge is 0.351 e. The van der Waals surface area contributed by atoms with Crippen LogP contribution >= 0.6 is 0 Å². The van der Waals surface area contributed by atoms with E-state index < -0.39 is 5.97 Å². The minimum atomic E-state index is -1.02. The van der Waals surface area contributed by atoms with Gasteiger partial charge < -0.3 is 5.11 Å². The van der Waals surface area contributed by atoms with Crippen molar-refractivity contribution in [2.24, 2.45) is 5.10 Å². The van der Waals surface area contributed by atoms with Crippen LogP contribution in [0.15, 0.2) is 29.4 Å². The number of aliphatic carboxylic acids is 1. The van der Waals surface area contributed by atoms with Gasteiger partial charge in [0.2, 0.25) is 0 Å². The average Bonchev–Trinajstić information content (AvgIpc) is 2.14. The molecule has 0 heterocycles. The molecule has 1 rings (SSSR count). The summed E-state index contributed by atoms with van der Waals surface area (Å²) in [5.41, 5.74) is 4.59. The van der Waals surface area contributed by atoms with Crippen LogP contribution in [-0.2, 0) is 4.79 Å². The molecule has 0 aliphatic rings. The molecular weight excluding hydrogens is 180 g/mol. The van der Waals surface area contributed by atoms with Crippen LogP contribution < -0.4 is 5.43 Å². The summed E-state index contributed by atoms with van der Waals surface area (Å²) in [5.74, 6) is -1.02. The molecule has 0 atom stereocenters. The zero-order valence-electron chi connectivity index (χ0n) is 8.11. The summed E-state index contributed by atoms with van der Waals surface area (Å²) in [4.78, 5) is 10.4. The monoisotopic (exact) mass is 192 g/mol. The number of carboxylic acids is 1. The summed E-state index contributed by atoms with van der Waals surface area (Å²) in [5, 5.41) is 12.2. The van der Waals surface area contributed by atoms with E-state index in [9.17, 15) is 4.79 Å². The molecule has 0 amide bonds. The van der Waals surface area contributed by atoms with E-state index >= 15 is 0 Å². The number of carbonyl (C=O) groups is 1. The summed E-state index contributed by atoms with van der Waals surface area (Å²) < 4.78 is 0. The first kappa shape index (κ1) is 10.2. The Labute approximate surface area is 82.3 Å². The van der Waals surface area contributed by atoms with Crippen molar-refractivity contribution in [1.82, 2.24) is 0 Å². The molecule has 1 aromatic rings. The molecule has 0 aliphatic carbocycles. The van der Waals surface area contributed by atoms with Gasteiger partial charge in [0.15, 0.2) is 0 Å². The van der Waals surface area contributed by atoms with Crippen molar-refractivity contribution >= 4 is 17.4 Å². The molecular formula is C10H12N2O2. The fourth-order valence-electron chi connectivity index (χ4n) is 0.911. The van der Waals surface area contributed by atoms with Gasteiger partial charge in [0.25, 0.3) is 0 Å². The number of aryl methyl sites for hydroxylation is 1. The number of rotatable bonds is 3. The number of hydrogen-bond donors (Lipinski definition) is 2. The van der Waals surface area contributed by atoms with E-state index in [1.807, 2.05) is 31.2 Å². The second-order valence-electron chi connectivity index (χ2n) is 2.98. The highest BCUT2D eigenvalue weighted by Gasteiger charge is 2.00. The molecule has 1 aromatic carbocycles. The molecule has 0 saturated carbocycles. The number of hydrogen-bond acceptors (Lipinski definition) is 3. The van der Waals surface area contributed by atoms with Crippen LogP contribution in [0.2, 0.25) is 0 Å². The Bertz CT molecular complexity index is 372. The number of benzene rings is 1. The fraction of sp³-hybridized carbons (Fsp3) is 0.200. The number of anilines is 1. The Balaban J connectivity index is 2.71. The van der Waals surface area contributed by atoms with E-state index in [1.54, 1.807) is 0 Å². The third kappa shape index (κ3) is 2.90. The Hall–Kier alpha value is -1.84. The lowest BCUT2D eigenvalue weighted by Crippen LogP contribution is -2.10. The number of nitrogens with zero attached hydrogens (tertiary/aromatic N) is 1. The zero-order valence-corrected chi connectivity index (χ0v) is 8.11. The van der Waals surface area contributed by atoms with Gasteiger partial charge in [0, 0.05) is 0 Å². The van der Waals surface area contributed by atoms with Gasteiger partial charge in [0.05, 0.1) is 5.69 Å². The van der Waals surface area contributed by atoms with E-state index in [4.69, 9.17) is 5.11 Å². The van der Waals surface area contributed by atoms with Gasteiger partial charge in [-0.25, -0.2) is 4.79 Å². The maximum Gasteiger partial charge on any atom is 0.351 e. The van der Waals surface area contributed by atoms with Crippen molar-refractivity contribution in [3.63, 3.8) is 0 Å². The molecule has 0 unspecified atom stereocenters. The first-order valence-electron chi connectivity index (χ1n) is 4.20. The molecule has 0 spiro atoms. The lowest BCUT2D eigenvalue weighted by Gasteiger charge is -2.01. The second kappa shape index (κ2) is 4.41. The average molecular weight is 192 g/mol. The van der Waals surface area contributed by atoms with Crippen molar-refractivity contribution in [2.45, 2.75) is 13.8 Å². The van der Waals surface area contributed by atoms with Gasteiger partial charge in [-0.1, -0.05) is 12.1 Å². The summed E-state index contributed by atoms with van der Waals surface area (Å²) >= 11 is 0. The quantitative estimate of drug-likeness (QED) is 0.567. The first-order chi connectivity index (χ1) is 6.59. The summed E-state index contributed by atoms with van der Waals surface area (Å²) in [6.45, 7) is 3.39. The fourth-order valence-corrected chi connectivity index (χ4v) is 0.911. The molecule has 74 valence electrons. The zero-order chi connectivity index (χ0) is 10.6. The third-order valence-electron chi connectivity index (χ3n) is 1.68. The van der Waals surface area contributed by atoms with Crippen molar-refractivity contribution in [1.29, 1.82) is 0 Å². The minimum Gasteiger partial charge on any atom is -0.477 e. The molecule has 4 heteroatoms. The van der Waals surface area contributed by atoms with Crippen molar-refractivity contribution < 1.29 is 9.90 Å². The van der Waals surface area contributed by atoms with Crippen molar-refractivity contribution in [3.8, 4) is 0 Å². The highest BCUT2D eigenvalue weighted by molar-refractivity contribution is 6.34. The standard InChI is InChI=1S/C10H12N2O2/c1-7-4-3-5-9(6-7)12-11-8(2)10(13)14/h3-6,12H,1-2H3,(H,13,14). The van der Waals surface area contributed by atoms with E-state index in [-0.39, 0.29) is 5.71 Å². The largest absolute Gasteiger partial charge is 0.477 e. The normalized spacial score (nSPS) is 11.1. The third-order valence-corrected chi connectivity index (χ3v) is 1.68. The lowest BCUT2D eigenvalue weighted by molar-refractivity contribution is -0.129. The van der Waals surface area contributed by atoms with Crippen LogP contribution in [0.1, 0.15) is 12.5 Å².